The number of nitrogens with zero attached hydrogens (tertiary/aromatic N) is 1. The normalized spacial score (nSPS) is 18.3. The van der Waals surface area contributed by atoms with Gasteiger partial charge in [0.2, 0.25) is 11.9 Å². The van der Waals surface area contributed by atoms with Crippen LogP contribution in [0.2, 0.25) is 10.0 Å². The number of aromatic amines is 1. The lowest BCUT2D eigenvalue weighted by atomic mass is 9.85. The summed E-state index contributed by atoms with van der Waals surface area (Å²) in [7, 11) is 0. The Morgan fingerprint density at radius 3 is 2.66 bits per heavy atom. The topological polar surface area (TPSA) is 96.1 Å². The van der Waals surface area contributed by atoms with E-state index in [9.17, 15) is 14.0 Å². The third-order valence-corrected chi connectivity index (χ3v) is 5.95. The number of nitrogens with one attached hydrogen (secondary N) is 3. The molecule has 3 aromatic rings. The highest BCUT2D eigenvalue weighted by atomic mass is 35.5. The summed E-state index contributed by atoms with van der Waals surface area (Å²) in [4.78, 5) is 32.2. The van der Waals surface area contributed by atoms with Crippen LogP contribution >= 0.6 is 23.2 Å². The number of halogens is 3. The number of imidazole rings is 1. The second-order valence-electron chi connectivity index (χ2n) is 7.72. The molecule has 3 N–H and O–H groups in total. The van der Waals surface area contributed by atoms with E-state index in [1.807, 2.05) is 0 Å². The Bertz CT molecular complexity index is 1150. The number of fused-ring (bicyclic) bond motifs is 1. The molecule has 168 valence electrons. The lowest BCUT2D eigenvalue weighted by molar-refractivity contribution is -0.124. The predicted octanol–water partition coefficient (Wildman–Crippen LogP) is 4.70. The van der Waals surface area contributed by atoms with Crippen LogP contribution in [0.3, 0.4) is 0 Å². The Morgan fingerprint density at radius 2 is 1.91 bits per heavy atom. The molecule has 0 spiro atoms. The van der Waals surface area contributed by atoms with Crippen molar-refractivity contribution in [3.8, 4) is 5.75 Å². The van der Waals surface area contributed by atoms with Crippen molar-refractivity contribution >= 4 is 52.0 Å². The van der Waals surface area contributed by atoms with E-state index in [0.29, 0.717) is 42.2 Å². The lowest BCUT2D eigenvalue weighted by Crippen LogP contribution is -2.41. The molecule has 7 nitrogen and oxygen atoms in total. The Labute approximate surface area is 193 Å². The number of benzene rings is 2. The van der Waals surface area contributed by atoms with E-state index in [-0.39, 0.29) is 41.2 Å². The maximum Gasteiger partial charge on any atom is 0.258 e. The van der Waals surface area contributed by atoms with Crippen molar-refractivity contribution in [2.75, 3.05) is 11.9 Å². The van der Waals surface area contributed by atoms with Gasteiger partial charge in [0.05, 0.1) is 16.1 Å². The molecular weight excluding hydrogens is 458 g/mol. The molecule has 0 bridgehead atoms. The van der Waals surface area contributed by atoms with Gasteiger partial charge >= 0.3 is 0 Å². The van der Waals surface area contributed by atoms with Crippen LogP contribution in [0.4, 0.5) is 10.3 Å². The molecule has 4 rings (SSSR count). The molecule has 1 saturated carbocycles. The summed E-state index contributed by atoms with van der Waals surface area (Å²) in [6.07, 6.45) is 2.64. The van der Waals surface area contributed by atoms with Gasteiger partial charge in [0, 0.05) is 23.0 Å². The molecule has 2 aromatic carbocycles. The summed E-state index contributed by atoms with van der Waals surface area (Å²) in [5, 5.41) is 6.30. The Kier molecular flexibility index (Phi) is 6.81. The molecule has 0 radical (unpaired) electrons. The van der Waals surface area contributed by atoms with Crippen molar-refractivity contribution in [2.24, 2.45) is 5.92 Å². The number of amides is 2. The van der Waals surface area contributed by atoms with Crippen molar-refractivity contribution in [3.63, 3.8) is 0 Å². The Balaban J connectivity index is 1.22. The molecule has 1 heterocycles. The van der Waals surface area contributed by atoms with Crippen LogP contribution in [0.15, 0.2) is 36.4 Å². The van der Waals surface area contributed by atoms with Gasteiger partial charge in [-0.25, -0.2) is 9.37 Å². The summed E-state index contributed by atoms with van der Waals surface area (Å²) in [5.74, 6) is -0.545. The molecule has 1 aliphatic rings. The molecule has 0 saturated heterocycles. The first kappa shape index (κ1) is 22.4. The standard InChI is InChI=1S/C22H21Cl2FN4O3/c23-13-3-8-18-19(9-13)28-22(27-18)29-21(31)12-1-4-14(5-2-12)26-20(30)11-32-15-6-7-16(24)17(25)10-15/h3,6-10,12,14H,1-2,4-5,11H2,(H,26,30)(H2,27,28,29,31)/t12-,14-. The largest absolute Gasteiger partial charge is 0.484 e. The fourth-order valence-electron chi connectivity index (χ4n) is 3.74. The quantitative estimate of drug-likeness (QED) is 0.478. The maximum absolute atomic E-state index is 13.4. The Morgan fingerprint density at radius 1 is 1.12 bits per heavy atom. The minimum atomic E-state index is -0.604. The molecule has 0 unspecified atom stereocenters. The van der Waals surface area contributed by atoms with Crippen LogP contribution in [0, 0.1) is 11.7 Å². The molecule has 1 aliphatic carbocycles. The van der Waals surface area contributed by atoms with Crippen molar-refractivity contribution in [2.45, 2.75) is 31.7 Å². The predicted molar refractivity (Wildman–Crippen MR) is 121 cm³/mol. The van der Waals surface area contributed by atoms with Crippen LogP contribution in [0.25, 0.3) is 11.0 Å². The zero-order chi connectivity index (χ0) is 22.7. The van der Waals surface area contributed by atoms with Gasteiger partial charge in [0.1, 0.15) is 11.6 Å². The molecule has 10 heteroatoms. The minimum absolute atomic E-state index is 0.00711. The van der Waals surface area contributed by atoms with Crippen LogP contribution in [-0.2, 0) is 9.59 Å². The molecular formula is C22H21Cl2FN4O3. The van der Waals surface area contributed by atoms with E-state index in [4.69, 9.17) is 27.9 Å². The SMILES string of the molecule is O=C(COc1ccc(Cl)c(F)c1)N[C@H]1CC[C@H](C(=O)Nc2nc3cc(Cl)ccc3[nH]2)CC1. The third kappa shape index (κ3) is 5.49. The molecule has 0 atom stereocenters. The molecule has 2 amide bonds. The maximum atomic E-state index is 13.4. The number of aromatic nitrogens is 2. The van der Waals surface area contributed by atoms with E-state index in [1.54, 1.807) is 18.2 Å². The van der Waals surface area contributed by atoms with Crippen LogP contribution in [0.5, 0.6) is 5.75 Å². The van der Waals surface area contributed by atoms with Crippen molar-refractivity contribution in [3.05, 3.63) is 52.3 Å². The lowest BCUT2D eigenvalue weighted by Gasteiger charge is -2.28. The highest BCUT2D eigenvalue weighted by Gasteiger charge is 2.27. The van der Waals surface area contributed by atoms with Crippen LogP contribution in [-0.4, -0.2) is 34.4 Å². The summed E-state index contributed by atoms with van der Waals surface area (Å²) in [6.45, 7) is -0.225. The number of carbonyl (C=O) groups excluding carboxylic acids is 2. The smallest absolute Gasteiger partial charge is 0.258 e. The van der Waals surface area contributed by atoms with E-state index in [0.717, 1.165) is 11.6 Å². The van der Waals surface area contributed by atoms with Crippen molar-refractivity contribution in [1.29, 1.82) is 0 Å². The second kappa shape index (κ2) is 9.75. The van der Waals surface area contributed by atoms with Crippen LogP contribution < -0.4 is 15.4 Å². The van der Waals surface area contributed by atoms with Gasteiger partial charge in [0.25, 0.3) is 5.91 Å². The summed E-state index contributed by atoms with van der Waals surface area (Å²) in [5.41, 5.74) is 1.47. The summed E-state index contributed by atoms with van der Waals surface area (Å²) >= 11 is 11.6. The number of rotatable bonds is 6. The first-order valence-electron chi connectivity index (χ1n) is 10.2. The zero-order valence-corrected chi connectivity index (χ0v) is 18.5. The van der Waals surface area contributed by atoms with E-state index < -0.39 is 5.82 Å². The molecule has 1 fully saturated rings. The van der Waals surface area contributed by atoms with Gasteiger partial charge in [-0.15, -0.1) is 0 Å². The number of H-pyrrole nitrogens is 1. The van der Waals surface area contributed by atoms with Gasteiger partial charge in [-0.2, -0.15) is 0 Å². The van der Waals surface area contributed by atoms with Gasteiger partial charge in [-0.3, -0.25) is 14.9 Å². The first-order chi connectivity index (χ1) is 15.4. The number of hydrogen-bond donors (Lipinski definition) is 3. The van der Waals surface area contributed by atoms with E-state index in [1.165, 1.54) is 12.1 Å². The number of carbonyl (C=O) groups is 2. The molecule has 0 aliphatic heterocycles. The average Bonchev–Trinajstić information content (AvgIpc) is 3.16. The second-order valence-corrected chi connectivity index (χ2v) is 8.56. The van der Waals surface area contributed by atoms with Crippen LogP contribution in [0.1, 0.15) is 25.7 Å². The highest BCUT2D eigenvalue weighted by molar-refractivity contribution is 6.31. The first-order valence-corrected chi connectivity index (χ1v) is 11.0. The molecule has 1 aromatic heterocycles. The van der Waals surface area contributed by atoms with Gasteiger partial charge in [0.15, 0.2) is 6.61 Å². The third-order valence-electron chi connectivity index (χ3n) is 5.41. The number of anilines is 1. The van der Waals surface area contributed by atoms with E-state index in [2.05, 4.69) is 20.6 Å². The fraction of sp³-hybridized carbons (Fsp3) is 0.318. The number of ether oxygens (including phenoxy) is 1. The van der Waals surface area contributed by atoms with Gasteiger partial charge in [-0.05, 0) is 56.0 Å². The summed E-state index contributed by atoms with van der Waals surface area (Å²) < 4.78 is 18.7. The summed E-state index contributed by atoms with van der Waals surface area (Å²) in [6, 6.07) is 9.25. The average molecular weight is 479 g/mol. The highest BCUT2D eigenvalue weighted by Crippen LogP contribution is 2.26. The number of hydrogen-bond acceptors (Lipinski definition) is 4. The molecule has 32 heavy (non-hydrogen) atoms. The fourth-order valence-corrected chi connectivity index (χ4v) is 4.03. The Hall–Kier alpha value is -2.84. The van der Waals surface area contributed by atoms with Crippen molar-refractivity contribution < 1.29 is 18.7 Å². The van der Waals surface area contributed by atoms with Crippen molar-refractivity contribution in [1.82, 2.24) is 15.3 Å². The van der Waals surface area contributed by atoms with E-state index >= 15 is 0 Å². The minimum Gasteiger partial charge on any atom is -0.484 e. The zero-order valence-electron chi connectivity index (χ0n) is 17.0. The monoisotopic (exact) mass is 478 g/mol. The van der Waals surface area contributed by atoms with Gasteiger partial charge < -0.3 is 15.0 Å². The van der Waals surface area contributed by atoms with Gasteiger partial charge in [-0.1, -0.05) is 23.2 Å².